The molecule has 1 aliphatic heterocycles. The Kier molecular flexibility index (Phi) is 3.74. The molecular weight excluding hydrogens is 250 g/mol. The van der Waals surface area contributed by atoms with E-state index in [1.54, 1.807) is 0 Å². The van der Waals surface area contributed by atoms with E-state index in [0.29, 0.717) is 24.6 Å². The smallest absolute Gasteiger partial charge is 0.124 e. The molecule has 2 N–H and O–H groups in total. The fraction of sp³-hybridized carbons (Fsp3) is 0.647. The third kappa shape index (κ3) is 2.70. The number of hydrogen-bond acceptors (Lipinski definition) is 3. The summed E-state index contributed by atoms with van der Waals surface area (Å²) in [5, 5.41) is 13.3. The first-order valence-corrected chi connectivity index (χ1v) is 7.74. The van der Waals surface area contributed by atoms with Gasteiger partial charge in [0, 0.05) is 30.7 Å². The second kappa shape index (κ2) is 5.38. The average Bonchev–Trinajstić information content (AvgIpc) is 2.84. The van der Waals surface area contributed by atoms with Crippen LogP contribution in [-0.2, 0) is 0 Å². The number of nitrogens with one attached hydrogen (secondary N) is 1. The van der Waals surface area contributed by atoms with Crippen molar-refractivity contribution in [1.82, 2.24) is 5.32 Å². The topological polar surface area (TPSA) is 41.5 Å². The average molecular weight is 275 g/mol. The lowest BCUT2D eigenvalue weighted by Gasteiger charge is -2.39. The summed E-state index contributed by atoms with van der Waals surface area (Å²) in [5.74, 6) is 1.41. The monoisotopic (exact) mass is 275 g/mol. The highest BCUT2D eigenvalue weighted by atomic mass is 16.5. The number of fused-ring (bicyclic) bond motifs is 1. The fourth-order valence-electron chi connectivity index (χ4n) is 3.68. The van der Waals surface area contributed by atoms with Gasteiger partial charge in [0.25, 0.3) is 0 Å². The van der Waals surface area contributed by atoms with Gasteiger partial charge in [-0.2, -0.15) is 0 Å². The standard InChI is InChI=1S/C17H25NO2/c1-17(2)10-15(13-7-3-4-9-16(13)20-17)18-14-8-5-6-12(14)11-19/h3-4,7,9,12,14-15,18-19H,5-6,8,10-11H2,1-2H3. The molecule has 20 heavy (non-hydrogen) atoms. The summed E-state index contributed by atoms with van der Waals surface area (Å²) in [6.07, 6.45) is 4.50. The van der Waals surface area contributed by atoms with Gasteiger partial charge in [0.05, 0.1) is 0 Å². The van der Waals surface area contributed by atoms with Gasteiger partial charge in [-0.25, -0.2) is 0 Å². The van der Waals surface area contributed by atoms with Gasteiger partial charge in [-0.05, 0) is 38.7 Å². The van der Waals surface area contributed by atoms with E-state index < -0.39 is 0 Å². The first kappa shape index (κ1) is 13.9. The van der Waals surface area contributed by atoms with Crippen LogP contribution < -0.4 is 10.1 Å². The third-order valence-corrected chi connectivity index (χ3v) is 4.69. The fourth-order valence-corrected chi connectivity index (χ4v) is 3.68. The van der Waals surface area contributed by atoms with Crippen LogP contribution in [0.25, 0.3) is 0 Å². The third-order valence-electron chi connectivity index (χ3n) is 4.69. The van der Waals surface area contributed by atoms with E-state index in [1.807, 2.05) is 6.07 Å². The Hall–Kier alpha value is -1.06. The van der Waals surface area contributed by atoms with Crippen LogP contribution in [-0.4, -0.2) is 23.4 Å². The zero-order valence-corrected chi connectivity index (χ0v) is 12.4. The van der Waals surface area contributed by atoms with Crippen LogP contribution in [0.4, 0.5) is 0 Å². The normalized spacial score (nSPS) is 31.6. The first-order chi connectivity index (χ1) is 9.59. The first-order valence-electron chi connectivity index (χ1n) is 7.74. The molecule has 3 rings (SSSR count). The van der Waals surface area contributed by atoms with Gasteiger partial charge in [-0.1, -0.05) is 24.6 Å². The number of hydrogen-bond donors (Lipinski definition) is 2. The minimum Gasteiger partial charge on any atom is -0.487 e. The Balaban J connectivity index is 1.82. The van der Waals surface area contributed by atoms with E-state index in [-0.39, 0.29) is 5.60 Å². The number of ether oxygens (including phenoxy) is 1. The van der Waals surface area contributed by atoms with Crippen molar-refractivity contribution in [1.29, 1.82) is 0 Å². The summed E-state index contributed by atoms with van der Waals surface area (Å²) >= 11 is 0. The van der Waals surface area contributed by atoms with E-state index in [1.165, 1.54) is 18.4 Å². The summed E-state index contributed by atoms with van der Waals surface area (Å²) in [7, 11) is 0. The quantitative estimate of drug-likeness (QED) is 0.891. The predicted octanol–water partition coefficient (Wildman–Crippen LogP) is 3.04. The van der Waals surface area contributed by atoms with Crippen LogP contribution in [0.1, 0.15) is 51.1 Å². The van der Waals surface area contributed by atoms with Gasteiger partial charge in [-0.15, -0.1) is 0 Å². The van der Waals surface area contributed by atoms with Gasteiger partial charge in [0.1, 0.15) is 11.4 Å². The van der Waals surface area contributed by atoms with E-state index in [0.717, 1.165) is 18.6 Å². The maximum Gasteiger partial charge on any atom is 0.124 e. The minimum absolute atomic E-state index is 0.140. The van der Waals surface area contributed by atoms with Crippen LogP contribution in [0.15, 0.2) is 24.3 Å². The van der Waals surface area contributed by atoms with Crippen molar-refractivity contribution in [3.05, 3.63) is 29.8 Å². The molecule has 0 amide bonds. The summed E-state index contributed by atoms with van der Waals surface area (Å²) in [6, 6.07) is 9.09. The number of benzene rings is 1. The molecule has 1 aliphatic carbocycles. The molecule has 1 fully saturated rings. The van der Waals surface area contributed by atoms with Gasteiger partial charge in [0.2, 0.25) is 0 Å². The number of aliphatic hydroxyl groups excluding tert-OH is 1. The molecule has 0 aromatic heterocycles. The Morgan fingerprint density at radius 1 is 1.30 bits per heavy atom. The summed E-state index contributed by atoms with van der Waals surface area (Å²) < 4.78 is 6.08. The van der Waals surface area contributed by atoms with Crippen molar-refractivity contribution >= 4 is 0 Å². The minimum atomic E-state index is -0.140. The van der Waals surface area contributed by atoms with E-state index in [9.17, 15) is 5.11 Å². The highest BCUT2D eigenvalue weighted by Gasteiger charge is 2.36. The zero-order valence-electron chi connectivity index (χ0n) is 12.4. The second-order valence-electron chi connectivity index (χ2n) is 6.80. The largest absolute Gasteiger partial charge is 0.487 e. The van der Waals surface area contributed by atoms with Crippen molar-refractivity contribution < 1.29 is 9.84 Å². The molecule has 110 valence electrons. The Bertz CT molecular complexity index is 472. The molecule has 2 aliphatic rings. The molecule has 0 bridgehead atoms. The van der Waals surface area contributed by atoms with E-state index >= 15 is 0 Å². The molecule has 0 spiro atoms. The summed E-state index contributed by atoms with van der Waals surface area (Å²) in [6.45, 7) is 4.59. The molecule has 0 radical (unpaired) electrons. The lowest BCUT2D eigenvalue weighted by molar-refractivity contribution is 0.0610. The molecule has 1 saturated carbocycles. The van der Waals surface area contributed by atoms with Gasteiger partial charge >= 0.3 is 0 Å². The SMILES string of the molecule is CC1(C)CC(NC2CCCC2CO)c2ccccc2O1. The Morgan fingerprint density at radius 2 is 2.10 bits per heavy atom. The van der Waals surface area contributed by atoms with Crippen molar-refractivity contribution in [2.75, 3.05) is 6.61 Å². The number of rotatable bonds is 3. The molecule has 1 aromatic rings. The van der Waals surface area contributed by atoms with Crippen molar-refractivity contribution in [2.45, 2.75) is 57.2 Å². The zero-order chi connectivity index (χ0) is 14.2. The van der Waals surface area contributed by atoms with Crippen molar-refractivity contribution in [2.24, 2.45) is 5.92 Å². The molecule has 1 heterocycles. The predicted molar refractivity (Wildman–Crippen MR) is 79.9 cm³/mol. The van der Waals surface area contributed by atoms with Crippen molar-refractivity contribution in [3.63, 3.8) is 0 Å². The summed E-state index contributed by atoms with van der Waals surface area (Å²) in [5.41, 5.74) is 1.12. The van der Waals surface area contributed by atoms with Crippen LogP contribution in [0.5, 0.6) is 5.75 Å². The molecule has 3 unspecified atom stereocenters. The second-order valence-corrected chi connectivity index (χ2v) is 6.80. The summed E-state index contributed by atoms with van der Waals surface area (Å²) in [4.78, 5) is 0. The molecule has 1 aromatic carbocycles. The van der Waals surface area contributed by atoms with Crippen LogP contribution in [0.3, 0.4) is 0 Å². The highest BCUT2D eigenvalue weighted by Crippen LogP contribution is 2.40. The van der Waals surface area contributed by atoms with Gasteiger partial charge in [0.15, 0.2) is 0 Å². The van der Waals surface area contributed by atoms with Crippen molar-refractivity contribution in [3.8, 4) is 5.75 Å². The molecule has 3 nitrogen and oxygen atoms in total. The molecule has 3 atom stereocenters. The van der Waals surface area contributed by atoms with E-state index in [2.05, 4.69) is 37.4 Å². The van der Waals surface area contributed by atoms with E-state index in [4.69, 9.17) is 4.74 Å². The maximum atomic E-state index is 9.50. The molecular formula is C17H25NO2. The highest BCUT2D eigenvalue weighted by molar-refractivity contribution is 5.38. The maximum absolute atomic E-state index is 9.50. The number of para-hydroxylation sites is 1. The van der Waals surface area contributed by atoms with Crippen LogP contribution >= 0.6 is 0 Å². The molecule has 0 saturated heterocycles. The van der Waals surface area contributed by atoms with Crippen LogP contribution in [0.2, 0.25) is 0 Å². The molecule has 3 heteroatoms. The van der Waals surface area contributed by atoms with Gasteiger partial charge in [-0.3, -0.25) is 0 Å². The number of aliphatic hydroxyl groups is 1. The lowest BCUT2D eigenvalue weighted by Crippen LogP contribution is -2.44. The Morgan fingerprint density at radius 3 is 2.90 bits per heavy atom. The Labute approximate surface area is 121 Å². The lowest BCUT2D eigenvalue weighted by atomic mass is 9.88. The van der Waals surface area contributed by atoms with Gasteiger partial charge < -0.3 is 15.2 Å². The van der Waals surface area contributed by atoms with Crippen LogP contribution in [0, 0.1) is 5.92 Å².